The summed E-state index contributed by atoms with van der Waals surface area (Å²) in [5, 5.41) is 30.1. The topological polar surface area (TPSA) is 222 Å². The van der Waals surface area contributed by atoms with Gasteiger partial charge in [0.05, 0.1) is 38.4 Å². The minimum absolute atomic E-state index is 0.0598. The van der Waals surface area contributed by atoms with Gasteiger partial charge in [-0.15, -0.1) is 0 Å². The number of nitrogens with one attached hydrogen (secondary N) is 4. The number of aliphatic hydroxyl groups excluding tert-OH is 2. The van der Waals surface area contributed by atoms with E-state index in [1.807, 2.05) is 13.8 Å². The van der Waals surface area contributed by atoms with Crippen molar-refractivity contribution in [2.45, 2.75) is 148 Å². The first-order valence-corrected chi connectivity index (χ1v) is 19.4. The molecule has 5 amide bonds. The molecule has 1 unspecified atom stereocenters. The Morgan fingerprint density at radius 1 is 0.904 bits per heavy atom. The number of likely N-dealkylation sites (N-methyl/N-ethyl adjacent to an activating group) is 1. The molecule has 0 radical (unpaired) electrons. The quantitative estimate of drug-likeness (QED) is 0.124. The molecule has 2 rings (SSSR count). The van der Waals surface area contributed by atoms with E-state index in [2.05, 4.69) is 28.2 Å². The van der Waals surface area contributed by atoms with Gasteiger partial charge >= 0.3 is 0 Å². The van der Waals surface area contributed by atoms with Crippen LogP contribution >= 0.6 is 0 Å². The summed E-state index contributed by atoms with van der Waals surface area (Å²) >= 11 is 0. The van der Waals surface area contributed by atoms with Gasteiger partial charge in [0, 0.05) is 19.6 Å². The molecule has 2 fully saturated rings. The fraction of sp³-hybridized carbons (Fsp3) is 0.865. The Morgan fingerprint density at radius 2 is 1.56 bits per heavy atom. The molecule has 0 aromatic heterocycles. The molecule has 300 valence electrons. The Labute approximate surface area is 310 Å². The van der Waals surface area contributed by atoms with Crippen LogP contribution in [0.1, 0.15) is 105 Å². The van der Waals surface area contributed by atoms with Crippen LogP contribution in [0.5, 0.6) is 0 Å². The second-order valence-electron chi connectivity index (χ2n) is 15.1. The van der Waals surface area contributed by atoms with Crippen LogP contribution in [-0.2, 0) is 33.4 Å². The highest BCUT2D eigenvalue weighted by molar-refractivity contribution is 5.96. The molecule has 1 saturated carbocycles. The number of hydrogen-bond acceptors (Lipinski definition) is 10. The Morgan fingerprint density at radius 3 is 2.17 bits per heavy atom. The zero-order valence-corrected chi connectivity index (χ0v) is 32.4. The Balaban J connectivity index is 2.54. The summed E-state index contributed by atoms with van der Waals surface area (Å²) in [5.41, 5.74) is 5.98. The van der Waals surface area contributed by atoms with E-state index in [4.69, 9.17) is 15.2 Å². The molecule has 1 aliphatic carbocycles. The van der Waals surface area contributed by atoms with Crippen LogP contribution in [0.25, 0.3) is 0 Å². The molecular weight excluding hydrogens is 672 g/mol. The van der Waals surface area contributed by atoms with Crippen molar-refractivity contribution in [2.24, 2.45) is 23.5 Å². The average molecular weight is 741 g/mol. The maximum Gasteiger partial charge on any atom is 0.245 e. The van der Waals surface area contributed by atoms with Gasteiger partial charge in [0.15, 0.2) is 0 Å². The van der Waals surface area contributed by atoms with Crippen LogP contribution in [-0.4, -0.2) is 127 Å². The number of amides is 5. The summed E-state index contributed by atoms with van der Waals surface area (Å²) in [6, 6.07) is -4.88. The second-order valence-corrected chi connectivity index (χ2v) is 15.1. The number of nitrogens with two attached hydrogens (primary N) is 1. The molecule has 15 heteroatoms. The number of carbonyl (C=O) groups is 5. The summed E-state index contributed by atoms with van der Waals surface area (Å²) in [5.74, 6) is -3.36. The predicted octanol–water partition coefficient (Wildman–Crippen LogP) is 0.733. The van der Waals surface area contributed by atoms with Gasteiger partial charge in [-0.1, -0.05) is 72.6 Å². The largest absolute Gasteiger partial charge is 0.394 e. The molecule has 1 aliphatic heterocycles. The van der Waals surface area contributed by atoms with E-state index in [9.17, 15) is 34.2 Å². The third kappa shape index (κ3) is 14.9. The van der Waals surface area contributed by atoms with Crippen molar-refractivity contribution < 1.29 is 43.7 Å². The van der Waals surface area contributed by atoms with E-state index in [0.717, 1.165) is 44.9 Å². The number of unbranched alkanes of at least 4 members (excludes halogenated alkanes) is 3. The zero-order chi connectivity index (χ0) is 38.8. The lowest BCUT2D eigenvalue weighted by molar-refractivity contribution is -0.147. The lowest BCUT2D eigenvalue weighted by Gasteiger charge is -2.36. The number of hydrogen-bond donors (Lipinski definition) is 7. The summed E-state index contributed by atoms with van der Waals surface area (Å²) < 4.78 is 11.8. The zero-order valence-electron chi connectivity index (χ0n) is 32.4. The van der Waals surface area contributed by atoms with Gasteiger partial charge in [-0.25, -0.2) is 0 Å². The standard InChI is InChI=1S/C37H68N6O9/c1-7-8-9-13-16-31-25(5)37(50)43(6)30(17-23(2)3)35(48)42-32(26-14-11-10-12-15-26)36(49)40-28(18-38)33(46)41-29(22-51-21-27(45)19-44)34(47)39-24(4)20-52-31/h23-32,44-45H,7-22,38H2,1-6H3,(H,39,47)(H,40,49)(H,41,46)(H,42,48)/t24-,25-,27?,28+,29+,30+,31-,32+/m1/s1. The van der Waals surface area contributed by atoms with Crippen LogP contribution in [0.4, 0.5) is 0 Å². The van der Waals surface area contributed by atoms with Gasteiger partial charge in [0.1, 0.15) is 30.3 Å². The highest BCUT2D eigenvalue weighted by atomic mass is 16.5. The van der Waals surface area contributed by atoms with Crippen LogP contribution in [0.2, 0.25) is 0 Å². The van der Waals surface area contributed by atoms with Gasteiger partial charge < -0.3 is 51.6 Å². The predicted molar refractivity (Wildman–Crippen MR) is 197 cm³/mol. The van der Waals surface area contributed by atoms with Gasteiger partial charge in [-0.3, -0.25) is 24.0 Å². The van der Waals surface area contributed by atoms with E-state index in [1.54, 1.807) is 20.9 Å². The minimum atomic E-state index is -1.25. The van der Waals surface area contributed by atoms with E-state index in [-0.39, 0.29) is 44.1 Å². The van der Waals surface area contributed by atoms with Crippen molar-refractivity contribution in [3.8, 4) is 0 Å². The molecule has 52 heavy (non-hydrogen) atoms. The maximum absolute atomic E-state index is 14.2. The first-order chi connectivity index (χ1) is 24.7. The lowest BCUT2D eigenvalue weighted by atomic mass is 9.83. The fourth-order valence-electron chi connectivity index (χ4n) is 6.86. The molecule has 0 spiro atoms. The number of ether oxygens (including phenoxy) is 2. The first-order valence-electron chi connectivity index (χ1n) is 19.4. The third-order valence-electron chi connectivity index (χ3n) is 10.1. The Hall–Kier alpha value is -2.85. The van der Waals surface area contributed by atoms with Gasteiger partial charge in [-0.2, -0.15) is 0 Å². The lowest BCUT2D eigenvalue weighted by Crippen LogP contribution is -2.62. The number of aliphatic hydroxyl groups is 2. The molecule has 0 aromatic rings. The van der Waals surface area contributed by atoms with E-state index >= 15 is 0 Å². The van der Waals surface area contributed by atoms with Crippen LogP contribution < -0.4 is 27.0 Å². The molecule has 8 N–H and O–H groups in total. The number of rotatable bonds is 14. The maximum atomic E-state index is 14.2. The average Bonchev–Trinajstić information content (AvgIpc) is 3.12. The number of nitrogens with zero attached hydrogens (tertiary/aromatic N) is 1. The normalized spacial score (nSPS) is 29.0. The van der Waals surface area contributed by atoms with Gasteiger partial charge in [0.25, 0.3) is 0 Å². The van der Waals surface area contributed by atoms with Crippen LogP contribution in [0, 0.1) is 17.8 Å². The van der Waals surface area contributed by atoms with Crippen molar-refractivity contribution in [3.05, 3.63) is 0 Å². The molecule has 0 aromatic carbocycles. The van der Waals surface area contributed by atoms with Crippen molar-refractivity contribution >= 4 is 29.5 Å². The smallest absolute Gasteiger partial charge is 0.245 e. The van der Waals surface area contributed by atoms with Crippen molar-refractivity contribution in [3.63, 3.8) is 0 Å². The van der Waals surface area contributed by atoms with E-state index in [1.165, 1.54) is 4.90 Å². The molecule has 1 saturated heterocycles. The van der Waals surface area contributed by atoms with Crippen LogP contribution in [0.15, 0.2) is 0 Å². The van der Waals surface area contributed by atoms with Crippen molar-refractivity contribution in [2.75, 3.05) is 40.0 Å². The minimum Gasteiger partial charge on any atom is -0.394 e. The monoisotopic (exact) mass is 741 g/mol. The van der Waals surface area contributed by atoms with Gasteiger partial charge in [0.2, 0.25) is 29.5 Å². The fourth-order valence-corrected chi connectivity index (χ4v) is 6.86. The Bertz CT molecular complexity index is 1120. The molecule has 2 aliphatic rings. The molecule has 15 nitrogen and oxygen atoms in total. The highest BCUT2D eigenvalue weighted by Gasteiger charge is 2.39. The highest BCUT2D eigenvalue weighted by Crippen LogP contribution is 2.28. The molecule has 8 atom stereocenters. The molecule has 0 bridgehead atoms. The van der Waals surface area contributed by atoms with E-state index < -0.39 is 78.6 Å². The second kappa shape index (κ2) is 23.7. The van der Waals surface area contributed by atoms with Crippen molar-refractivity contribution in [1.29, 1.82) is 0 Å². The van der Waals surface area contributed by atoms with Gasteiger partial charge in [-0.05, 0) is 44.4 Å². The molecule has 1 heterocycles. The van der Waals surface area contributed by atoms with Crippen LogP contribution in [0.3, 0.4) is 0 Å². The summed E-state index contributed by atoms with van der Waals surface area (Å²) in [6.45, 7) is 8.20. The summed E-state index contributed by atoms with van der Waals surface area (Å²) in [4.78, 5) is 70.9. The Kier molecular flexibility index (Phi) is 20.7. The van der Waals surface area contributed by atoms with E-state index in [0.29, 0.717) is 25.7 Å². The SMILES string of the molecule is CCCCCC[C@H]1OC[C@@H](C)NC(=O)[C@H](COCC(O)CO)NC(=O)[C@H](CN)NC(=O)[C@H](C2CCCCC2)NC(=O)[C@H](CC(C)C)N(C)C(=O)[C@@H]1C. The number of carbonyl (C=O) groups excluding carboxylic acids is 5. The van der Waals surface area contributed by atoms with Crippen molar-refractivity contribution in [1.82, 2.24) is 26.2 Å². The summed E-state index contributed by atoms with van der Waals surface area (Å²) in [6.07, 6.45) is 7.38. The summed E-state index contributed by atoms with van der Waals surface area (Å²) in [7, 11) is 1.62. The molecular formula is C37H68N6O9. The third-order valence-corrected chi connectivity index (χ3v) is 10.1. The first kappa shape index (κ1) is 45.3.